The molecule has 0 unspecified atom stereocenters. The maximum absolute atomic E-state index is 5.26. The lowest BCUT2D eigenvalue weighted by atomic mass is 10.0. The second kappa shape index (κ2) is 17.4. The van der Waals surface area contributed by atoms with Crippen LogP contribution in [0.4, 0.5) is 0 Å². The van der Waals surface area contributed by atoms with Crippen LogP contribution < -0.4 is 9.47 Å². The molecule has 2 aromatic carbocycles. The van der Waals surface area contributed by atoms with Gasteiger partial charge in [-0.25, -0.2) is 0 Å². The lowest BCUT2D eigenvalue weighted by Gasteiger charge is -2.09. The summed E-state index contributed by atoms with van der Waals surface area (Å²) in [6.07, 6.45) is 7.38. The van der Waals surface area contributed by atoms with E-state index in [1.807, 2.05) is 19.9 Å². The summed E-state index contributed by atoms with van der Waals surface area (Å²) in [6, 6.07) is 14.7. The fourth-order valence-electron chi connectivity index (χ4n) is 2.72. The van der Waals surface area contributed by atoms with E-state index < -0.39 is 0 Å². The van der Waals surface area contributed by atoms with E-state index in [9.17, 15) is 0 Å². The van der Waals surface area contributed by atoms with Crippen LogP contribution in [0.3, 0.4) is 0 Å². The van der Waals surface area contributed by atoms with Crippen molar-refractivity contribution in [3.63, 3.8) is 0 Å². The van der Waals surface area contributed by atoms with Crippen LogP contribution in [0.1, 0.15) is 71.4 Å². The number of methoxy groups -OCH3 is 2. The molecule has 0 saturated carbocycles. The summed E-state index contributed by atoms with van der Waals surface area (Å²) < 4.78 is 11.6. The molecule has 2 aromatic rings. The average Bonchev–Trinajstić information content (AvgIpc) is 2.75. The predicted molar refractivity (Wildman–Crippen MR) is 131 cm³/mol. The Morgan fingerprint density at radius 2 is 1.38 bits per heavy atom. The van der Waals surface area contributed by atoms with Crippen molar-refractivity contribution in [1.82, 2.24) is 0 Å². The third-order valence-electron chi connectivity index (χ3n) is 4.44. The molecule has 0 aliphatic heterocycles. The molecule has 0 bridgehead atoms. The first kappa shape index (κ1) is 27.5. The molecule has 0 radical (unpaired) electrons. The Morgan fingerprint density at radius 3 is 1.90 bits per heavy atom. The third kappa shape index (κ3) is 12.6. The van der Waals surface area contributed by atoms with Gasteiger partial charge in [0, 0.05) is 4.47 Å². The summed E-state index contributed by atoms with van der Waals surface area (Å²) in [5.41, 5.74) is 2.76. The van der Waals surface area contributed by atoms with E-state index in [-0.39, 0.29) is 0 Å². The van der Waals surface area contributed by atoms with Gasteiger partial charge in [-0.05, 0) is 67.0 Å². The molecular weight excluding hydrogens is 424 g/mol. The number of benzene rings is 2. The number of ether oxygens (including phenoxy) is 2. The topological polar surface area (TPSA) is 18.5 Å². The third-order valence-corrected chi connectivity index (χ3v) is 4.97. The molecule has 0 aliphatic carbocycles. The molecule has 0 aromatic heterocycles. The Balaban J connectivity index is 0.000000508. The zero-order chi connectivity index (χ0) is 22.1. The summed E-state index contributed by atoms with van der Waals surface area (Å²) in [5, 5.41) is 0. The van der Waals surface area contributed by atoms with Crippen LogP contribution in [0.25, 0.3) is 0 Å². The van der Waals surface area contributed by atoms with Gasteiger partial charge in [-0.2, -0.15) is 0 Å². The van der Waals surface area contributed by atoms with Gasteiger partial charge in [0.25, 0.3) is 0 Å². The minimum Gasteiger partial charge on any atom is -0.493 e. The Morgan fingerprint density at radius 1 is 0.793 bits per heavy atom. The zero-order valence-corrected chi connectivity index (χ0v) is 21.1. The van der Waals surface area contributed by atoms with E-state index in [0.717, 1.165) is 28.3 Å². The quantitative estimate of drug-likeness (QED) is 0.346. The number of rotatable bonds is 9. The predicted octanol–water partition coefficient (Wildman–Crippen LogP) is 8.50. The van der Waals surface area contributed by atoms with Crippen molar-refractivity contribution >= 4 is 15.9 Å². The molecular formula is C26H41BrO2. The molecule has 0 spiro atoms. The molecule has 0 fully saturated rings. The van der Waals surface area contributed by atoms with Gasteiger partial charge in [0.2, 0.25) is 0 Å². The second-order valence-electron chi connectivity index (χ2n) is 7.21. The van der Waals surface area contributed by atoms with Crippen molar-refractivity contribution < 1.29 is 9.47 Å². The smallest absolute Gasteiger partial charge is 0.160 e. The molecule has 0 amide bonds. The minimum absolute atomic E-state index is 0.800. The SMILES string of the molecule is CC.CC(C)CCc1ccc(Br)cc1.CCCCCc1ccc(OC)c(OC)c1. The Labute approximate surface area is 188 Å². The van der Waals surface area contributed by atoms with Gasteiger partial charge in [-0.1, -0.05) is 81.6 Å². The number of halogens is 1. The molecule has 0 N–H and O–H groups in total. The van der Waals surface area contributed by atoms with Crippen LogP contribution in [0.5, 0.6) is 11.5 Å². The number of unbranched alkanes of at least 4 members (excludes halogenated alkanes) is 2. The van der Waals surface area contributed by atoms with E-state index in [4.69, 9.17) is 9.47 Å². The van der Waals surface area contributed by atoms with Crippen molar-refractivity contribution in [1.29, 1.82) is 0 Å². The number of hydrogen-bond donors (Lipinski definition) is 0. The molecule has 3 heteroatoms. The molecule has 0 atom stereocenters. The van der Waals surface area contributed by atoms with Gasteiger partial charge in [0.05, 0.1) is 14.2 Å². The minimum atomic E-state index is 0.800. The van der Waals surface area contributed by atoms with Crippen molar-refractivity contribution in [3.05, 3.63) is 58.1 Å². The fraction of sp³-hybridized carbons (Fsp3) is 0.538. The maximum Gasteiger partial charge on any atom is 0.160 e. The molecule has 164 valence electrons. The molecule has 0 heterocycles. The van der Waals surface area contributed by atoms with Crippen LogP contribution in [0.2, 0.25) is 0 Å². The summed E-state index contributed by atoms with van der Waals surface area (Å²) >= 11 is 3.43. The maximum atomic E-state index is 5.26. The van der Waals surface area contributed by atoms with Gasteiger partial charge >= 0.3 is 0 Å². The fourth-order valence-corrected chi connectivity index (χ4v) is 2.99. The van der Waals surface area contributed by atoms with Gasteiger partial charge in [-0.3, -0.25) is 0 Å². The Bertz CT molecular complexity index is 636. The van der Waals surface area contributed by atoms with Gasteiger partial charge in [0.1, 0.15) is 0 Å². The van der Waals surface area contributed by atoms with E-state index in [1.54, 1.807) is 14.2 Å². The average molecular weight is 466 g/mol. The highest BCUT2D eigenvalue weighted by atomic mass is 79.9. The van der Waals surface area contributed by atoms with E-state index in [0.29, 0.717) is 0 Å². The van der Waals surface area contributed by atoms with E-state index in [2.05, 4.69) is 73.1 Å². The highest BCUT2D eigenvalue weighted by Crippen LogP contribution is 2.28. The van der Waals surface area contributed by atoms with Crippen LogP contribution >= 0.6 is 15.9 Å². The largest absolute Gasteiger partial charge is 0.493 e. The van der Waals surface area contributed by atoms with Crippen LogP contribution in [-0.2, 0) is 12.8 Å². The number of aryl methyl sites for hydroxylation is 2. The first-order chi connectivity index (χ1) is 14.0. The molecule has 2 nitrogen and oxygen atoms in total. The summed E-state index contributed by atoms with van der Waals surface area (Å²) in [6.45, 7) is 10.7. The standard InChI is InChI=1S/C13H20O2.C11H15Br.C2H6/c1-4-5-6-7-11-8-9-12(14-2)13(10-11)15-3;1-9(2)3-4-10-5-7-11(12)8-6-10;1-2/h8-10H,4-7H2,1-3H3;5-9H,3-4H2,1-2H3;1-2H3. The van der Waals surface area contributed by atoms with Gasteiger partial charge in [-0.15, -0.1) is 0 Å². The highest BCUT2D eigenvalue weighted by molar-refractivity contribution is 9.10. The van der Waals surface area contributed by atoms with Crippen molar-refractivity contribution in [3.8, 4) is 11.5 Å². The normalized spacial score (nSPS) is 9.83. The second-order valence-corrected chi connectivity index (χ2v) is 8.12. The van der Waals surface area contributed by atoms with Crippen LogP contribution in [0, 0.1) is 5.92 Å². The van der Waals surface area contributed by atoms with E-state index >= 15 is 0 Å². The molecule has 2 rings (SSSR count). The first-order valence-electron chi connectivity index (χ1n) is 11.0. The molecule has 0 aliphatic rings. The van der Waals surface area contributed by atoms with Crippen molar-refractivity contribution in [2.24, 2.45) is 5.92 Å². The number of hydrogen-bond acceptors (Lipinski definition) is 2. The summed E-state index contributed by atoms with van der Waals surface area (Å²) in [7, 11) is 3.34. The monoisotopic (exact) mass is 464 g/mol. The Kier molecular flexibility index (Phi) is 16.5. The van der Waals surface area contributed by atoms with E-state index in [1.165, 1.54) is 43.2 Å². The summed E-state index contributed by atoms with van der Waals surface area (Å²) in [5.74, 6) is 2.43. The van der Waals surface area contributed by atoms with Crippen molar-refractivity contribution in [2.45, 2.75) is 73.1 Å². The lowest BCUT2D eigenvalue weighted by molar-refractivity contribution is 0.354. The van der Waals surface area contributed by atoms with Gasteiger partial charge < -0.3 is 9.47 Å². The zero-order valence-electron chi connectivity index (χ0n) is 19.6. The summed E-state index contributed by atoms with van der Waals surface area (Å²) in [4.78, 5) is 0. The highest BCUT2D eigenvalue weighted by Gasteiger charge is 2.03. The van der Waals surface area contributed by atoms with Gasteiger partial charge in [0.15, 0.2) is 11.5 Å². The Hall–Kier alpha value is -1.48. The van der Waals surface area contributed by atoms with Crippen molar-refractivity contribution in [2.75, 3.05) is 14.2 Å². The lowest BCUT2D eigenvalue weighted by Crippen LogP contribution is -1.92. The molecule has 0 saturated heterocycles. The molecule has 29 heavy (non-hydrogen) atoms. The first-order valence-corrected chi connectivity index (χ1v) is 11.7. The van der Waals surface area contributed by atoms with Crippen LogP contribution in [0.15, 0.2) is 46.9 Å². The van der Waals surface area contributed by atoms with Crippen LogP contribution in [-0.4, -0.2) is 14.2 Å².